The number of hydrogen-bond acceptors (Lipinski definition) is 3. The zero-order chi connectivity index (χ0) is 19.8. The summed E-state index contributed by atoms with van der Waals surface area (Å²) in [4.78, 5) is 2.32. The Morgan fingerprint density at radius 1 is 0.793 bits per heavy atom. The van der Waals surface area contributed by atoms with Crippen molar-refractivity contribution in [1.29, 1.82) is 0 Å². The van der Waals surface area contributed by atoms with Crippen LogP contribution in [0.2, 0.25) is 0 Å². The van der Waals surface area contributed by atoms with Gasteiger partial charge >= 0.3 is 0 Å². The molecule has 29 heavy (non-hydrogen) atoms. The summed E-state index contributed by atoms with van der Waals surface area (Å²) in [6.45, 7) is 4.39. The number of nitrogens with zero attached hydrogens (tertiary/aromatic N) is 1. The highest BCUT2D eigenvalue weighted by atomic mass is 16.3. The van der Waals surface area contributed by atoms with Gasteiger partial charge in [0.1, 0.15) is 23.1 Å². The molecule has 2 N–H and O–H groups in total. The molecule has 0 saturated carbocycles. The van der Waals surface area contributed by atoms with E-state index < -0.39 is 5.41 Å². The molecule has 1 aromatic heterocycles. The summed E-state index contributed by atoms with van der Waals surface area (Å²) >= 11 is 0. The van der Waals surface area contributed by atoms with Crippen molar-refractivity contribution in [2.45, 2.75) is 25.3 Å². The summed E-state index contributed by atoms with van der Waals surface area (Å²) in [5.74, 6) is 0.916. The molecule has 0 amide bonds. The van der Waals surface area contributed by atoms with E-state index in [-0.39, 0.29) is 6.04 Å². The standard InChI is InChI=1S/C26H22N2O/c1-16(2)28-23-14-8-7-13-21(23)26(25-24(28)22(27)15-29-25)19-11-5-3-9-17(19)18-10-4-6-12-20(18)26/h3-16H,27H2,1-2H3. The van der Waals surface area contributed by atoms with Crippen LogP contribution in [-0.4, -0.2) is 6.04 Å². The van der Waals surface area contributed by atoms with Crippen LogP contribution in [-0.2, 0) is 5.41 Å². The van der Waals surface area contributed by atoms with E-state index in [0.29, 0.717) is 5.69 Å². The zero-order valence-electron chi connectivity index (χ0n) is 16.5. The normalized spacial score (nSPS) is 15.2. The predicted octanol–water partition coefficient (Wildman–Crippen LogP) is 6.08. The first-order valence-electron chi connectivity index (χ1n) is 10.1. The highest BCUT2D eigenvalue weighted by molar-refractivity contribution is 5.94. The number of rotatable bonds is 1. The molecule has 1 aliphatic heterocycles. The first-order valence-corrected chi connectivity index (χ1v) is 10.1. The van der Waals surface area contributed by atoms with Gasteiger partial charge in [-0.3, -0.25) is 0 Å². The summed E-state index contributed by atoms with van der Waals surface area (Å²) in [7, 11) is 0. The van der Waals surface area contributed by atoms with Gasteiger partial charge in [0.25, 0.3) is 0 Å². The topological polar surface area (TPSA) is 42.4 Å². The molecule has 0 radical (unpaired) electrons. The molecule has 0 fully saturated rings. The van der Waals surface area contributed by atoms with E-state index in [1.807, 2.05) is 0 Å². The van der Waals surface area contributed by atoms with Gasteiger partial charge in [-0.05, 0) is 47.7 Å². The number of para-hydroxylation sites is 1. The lowest BCUT2D eigenvalue weighted by Crippen LogP contribution is -2.39. The molecule has 3 heteroatoms. The van der Waals surface area contributed by atoms with Gasteiger partial charge < -0.3 is 15.1 Å². The quantitative estimate of drug-likeness (QED) is 0.384. The van der Waals surface area contributed by atoms with E-state index in [4.69, 9.17) is 10.2 Å². The Kier molecular flexibility index (Phi) is 3.15. The number of fused-ring (bicyclic) bond motifs is 9. The summed E-state index contributed by atoms with van der Waals surface area (Å²) in [6, 6.07) is 26.3. The van der Waals surface area contributed by atoms with Crippen LogP contribution in [0, 0.1) is 0 Å². The first-order chi connectivity index (χ1) is 14.2. The third kappa shape index (κ3) is 1.83. The van der Waals surface area contributed by atoms with Gasteiger partial charge in [-0.2, -0.15) is 0 Å². The van der Waals surface area contributed by atoms with Crippen molar-refractivity contribution in [2.75, 3.05) is 10.6 Å². The van der Waals surface area contributed by atoms with Gasteiger partial charge in [0, 0.05) is 11.7 Å². The number of furan rings is 1. The van der Waals surface area contributed by atoms with Crippen molar-refractivity contribution >= 4 is 17.1 Å². The van der Waals surface area contributed by atoms with Gasteiger partial charge in [0.05, 0.1) is 5.69 Å². The van der Waals surface area contributed by atoms with Crippen LogP contribution in [0.5, 0.6) is 0 Å². The van der Waals surface area contributed by atoms with Gasteiger partial charge in [0.2, 0.25) is 0 Å². The zero-order valence-corrected chi connectivity index (χ0v) is 16.5. The average Bonchev–Trinajstić information content (AvgIpc) is 3.26. The summed E-state index contributed by atoms with van der Waals surface area (Å²) in [5.41, 5.74) is 15.1. The largest absolute Gasteiger partial charge is 0.463 e. The second-order valence-corrected chi connectivity index (χ2v) is 8.19. The van der Waals surface area contributed by atoms with Crippen LogP contribution >= 0.6 is 0 Å². The Hall–Kier alpha value is -3.46. The fourth-order valence-electron chi connectivity index (χ4n) is 5.43. The third-order valence-electron chi connectivity index (χ3n) is 6.41. The molecule has 0 bridgehead atoms. The van der Waals surface area contributed by atoms with E-state index in [9.17, 15) is 0 Å². The summed E-state index contributed by atoms with van der Waals surface area (Å²) in [6.07, 6.45) is 1.71. The van der Waals surface area contributed by atoms with Crippen LogP contribution in [0.25, 0.3) is 11.1 Å². The molecular weight excluding hydrogens is 356 g/mol. The summed E-state index contributed by atoms with van der Waals surface area (Å²) in [5, 5.41) is 0. The van der Waals surface area contributed by atoms with Gasteiger partial charge in [-0.1, -0.05) is 66.7 Å². The molecule has 0 atom stereocenters. The number of nitrogens with two attached hydrogens (primary N) is 1. The summed E-state index contributed by atoms with van der Waals surface area (Å²) < 4.78 is 6.31. The lowest BCUT2D eigenvalue weighted by molar-refractivity contribution is 0.460. The minimum Gasteiger partial charge on any atom is -0.463 e. The van der Waals surface area contributed by atoms with Crippen molar-refractivity contribution in [3.63, 3.8) is 0 Å². The average molecular weight is 378 g/mol. The van der Waals surface area contributed by atoms with E-state index in [2.05, 4.69) is 91.5 Å². The smallest absolute Gasteiger partial charge is 0.149 e. The second kappa shape index (κ2) is 5.54. The highest BCUT2D eigenvalue weighted by Gasteiger charge is 2.54. The van der Waals surface area contributed by atoms with E-state index >= 15 is 0 Å². The number of anilines is 3. The van der Waals surface area contributed by atoms with E-state index in [1.165, 1.54) is 33.5 Å². The Balaban J connectivity index is 1.85. The molecule has 1 aliphatic carbocycles. The third-order valence-corrected chi connectivity index (χ3v) is 6.41. The van der Waals surface area contributed by atoms with Gasteiger partial charge in [-0.25, -0.2) is 0 Å². The molecule has 1 spiro atoms. The molecule has 0 unspecified atom stereocenters. The monoisotopic (exact) mass is 378 g/mol. The first kappa shape index (κ1) is 16.5. The molecule has 2 heterocycles. The predicted molar refractivity (Wildman–Crippen MR) is 118 cm³/mol. The fourth-order valence-corrected chi connectivity index (χ4v) is 5.43. The van der Waals surface area contributed by atoms with E-state index in [1.54, 1.807) is 6.26 Å². The van der Waals surface area contributed by atoms with Crippen molar-refractivity contribution < 1.29 is 4.42 Å². The van der Waals surface area contributed by atoms with Crippen molar-refractivity contribution in [3.05, 3.63) is 102 Å². The second-order valence-electron chi connectivity index (χ2n) is 8.19. The molecule has 2 aliphatic rings. The highest BCUT2D eigenvalue weighted by Crippen LogP contribution is 2.63. The lowest BCUT2D eigenvalue weighted by Gasteiger charge is -2.43. The van der Waals surface area contributed by atoms with E-state index in [0.717, 1.165) is 11.4 Å². The maximum absolute atomic E-state index is 6.50. The fraction of sp³-hybridized carbons (Fsp3) is 0.154. The Morgan fingerprint density at radius 3 is 1.97 bits per heavy atom. The maximum atomic E-state index is 6.50. The molecular formula is C26H22N2O. The van der Waals surface area contributed by atoms with Crippen molar-refractivity contribution in [2.24, 2.45) is 0 Å². The van der Waals surface area contributed by atoms with Gasteiger partial charge in [-0.15, -0.1) is 0 Å². The number of nitrogen functional groups attached to an aromatic ring is 1. The molecule has 0 saturated heterocycles. The van der Waals surface area contributed by atoms with Crippen LogP contribution in [0.15, 0.2) is 83.5 Å². The van der Waals surface area contributed by atoms with Crippen LogP contribution in [0.4, 0.5) is 17.1 Å². The Labute approximate surface area is 170 Å². The van der Waals surface area contributed by atoms with Crippen LogP contribution in [0.1, 0.15) is 36.3 Å². The molecule has 3 nitrogen and oxygen atoms in total. The van der Waals surface area contributed by atoms with Gasteiger partial charge in [0.15, 0.2) is 0 Å². The SMILES string of the molecule is CC(C)N1c2ccccc2C2(c3ccccc3-c3ccccc32)c2occ(N)c21. The molecule has 6 rings (SSSR count). The minimum absolute atomic E-state index is 0.249. The molecule has 3 aromatic carbocycles. The minimum atomic E-state index is -0.498. The lowest BCUT2D eigenvalue weighted by atomic mass is 9.67. The molecule has 142 valence electrons. The van der Waals surface area contributed by atoms with Crippen LogP contribution < -0.4 is 10.6 Å². The van der Waals surface area contributed by atoms with Crippen molar-refractivity contribution in [1.82, 2.24) is 0 Å². The van der Waals surface area contributed by atoms with Crippen molar-refractivity contribution in [3.8, 4) is 11.1 Å². The maximum Gasteiger partial charge on any atom is 0.149 e. The van der Waals surface area contributed by atoms with Crippen LogP contribution in [0.3, 0.4) is 0 Å². The molecule has 4 aromatic rings. The Morgan fingerprint density at radius 2 is 1.34 bits per heavy atom. The number of hydrogen-bond donors (Lipinski definition) is 1. The Bertz CT molecular complexity index is 1220. The number of benzene rings is 3.